The predicted octanol–water partition coefficient (Wildman–Crippen LogP) is 1.20. The zero-order valence-electron chi connectivity index (χ0n) is 9.42. The Balaban J connectivity index is 2.59. The van der Waals surface area contributed by atoms with E-state index >= 15 is 0 Å². The van der Waals surface area contributed by atoms with Crippen molar-refractivity contribution in [3.63, 3.8) is 0 Å². The van der Waals surface area contributed by atoms with Gasteiger partial charge in [0.05, 0.1) is 6.61 Å². The van der Waals surface area contributed by atoms with Gasteiger partial charge in [-0.3, -0.25) is 9.69 Å². The number of hydrogen-bond donors (Lipinski definition) is 1. The number of carbonyl (C=O) groups excluding carboxylic acids is 1. The molecule has 1 aliphatic rings. The molecule has 1 N–H and O–H groups in total. The van der Waals surface area contributed by atoms with Gasteiger partial charge in [-0.2, -0.15) is 0 Å². The summed E-state index contributed by atoms with van der Waals surface area (Å²) in [5, 5.41) is 9.23. The lowest BCUT2D eigenvalue weighted by atomic mass is 9.90. The van der Waals surface area contributed by atoms with Gasteiger partial charge in [0.2, 0.25) is 0 Å². The summed E-state index contributed by atoms with van der Waals surface area (Å²) in [6, 6.07) is 0.318. The SMILES string of the molecule is CN(C1CCCC(=O)C1)C(C)(C)CO. The number of Topliss-reactive ketones (excluding diaryl/α,β-unsaturated/α-hetero) is 1. The lowest BCUT2D eigenvalue weighted by Crippen LogP contribution is -2.51. The van der Waals surface area contributed by atoms with Crippen LogP contribution in [0.3, 0.4) is 0 Å². The fraction of sp³-hybridized carbons (Fsp3) is 0.909. The molecule has 1 unspecified atom stereocenters. The first kappa shape index (κ1) is 11.7. The van der Waals surface area contributed by atoms with Gasteiger partial charge in [-0.05, 0) is 33.7 Å². The Morgan fingerprint density at radius 1 is 1.57 bits per heavy atom. The Morgan fingerprint density at radius 2 is 2.21 bits per heavy atom. The van der Waals surface area contributed by atoms with Crippen molar-refractivity contribution in [1.29, 1.82) is 0 Å². The van der Waals surface area contributed by atoms with Gasteiger partial charge in [0, 0.05) is 24.4 Å². The highest BCUT2D eigenvalue weighted by atomic mass is 16.3. The van der Waals surface area contributed by atoms with E-state index in [-0.39, 0.29) is 12.1 Å². The van der Waals surface area contributed by atoms with Gasteiger partial charge < -0.3 is 5.11 Å². The molecule has 0 aliphatic heterocycles. The Bertz CT molecular complexity index is 213. The maximum atomic E-state index is 11.3. The summed E-state index contributed by atoms with van der Waals surface area (Å²) in [6.07, 6.45) is 3.46. The summed E-state index contributed by atoms with van der Waals surface area (Å²) in [5.74, 6) is 0.363. The van der Waals surface area contributed by atoms with Crippen molar-refractivity contribution in [2.75, 3.05) is 13.7 Å². The van der Waals surface area contributed by atoms with E-state index in [1.54, 1.807) is 0 Å². The van der Waals surface area contributed by atoms with E-state index in [2.05, 4.69) is 4.90 Å². The molecular weight excluding hydrogens is 178 g/mol. The molecule has 0 aromatic heterocycles. The van der Waals surface area contributed by atoms with Crippen LogP contribution in [0.5, 0.6) is 0 Å². The standard InChI is InChI=1S/C11H21NO2/c1-11(2,8-13)12(3)9-5-4-6-10(14)7-9/h9,13H,4-8H2,1-3H3. The zero-order valence-corrected chi connectivity index (χ0v) is 9.42. The first-order chi connectivity index (χ1) is 6.47. The summed E-state index contributed by atoms with van der Waals surface area (Å²) in [4.78, 5) is 13.4. The van der Waals surface area contributed by atoms with Gasteiger partial charge in [-0.1, -0.05) is 0 Å². The fourth-order valence-electron chi connectivity index (χ4n) is 1.94. The van der Waals surface area contributed by atoms with E-state index in [1.807, 2.05) is 20.9 Å². The number of nitrogens with zero attached hydrogens (tertiary/aromatic N) is 1. The summed E-state index contributed by atoms with van der Waals surface area (Å²) in [6.45, 7) is 4.15. The predicted molar refractivity (Wildman–Crippen MR) is 56.2 cm³/mol. The molecule has 14 heavy (non-hydrogen) atoms. The van der Waals surface area contributed by atoms with Crippen LogP contribution in [-0.2, 0) is 4.79 Å². The maximum absolute atomic E-state index is 11.3. The largest absolute Gasteiger partial charge is 0.394 e. The molecular formula is C11H21NO2. The second-order valence-corrected chi connectivity index (χ2v) is 4.87. The normalized spacial score (nSPS) is 24.4. The Morgan fingerprint density at radius 3 is 2.71 bits per heavy atom. The van der Waals surface area contributed by atoms with Crippen LogP contribution in [-0.4, -0.2) is 41.0 Å². The smallest absolute Gasteiger partial charge is 0.134 e. The number of likely N-dealkylation sites (N-methyl/N-ethyl adjacent to an activating group) is 1. The fourth-order valence-corrected chi connectivity index (χ4v) is 1.94. The molecule has 0 amide bonds. The average molecular weight is 199 g/mol. The molecule has 0 aromatic carbocycles. The summed E-state index contributed by atoms with van der Waals surface area (Å²) >= 11 is 0. The number of ketones is 1. The summed E-state index contributed by atoms with van der Waals surface area (Å²) in [7, 11) is 2.00. The van der Waals surface area contributed by atoms with Crippen LogP contribution in [0.4, 0.5) is 0 Å². The van der Waals surface area contributed by atoms with Crippen molar-refractivity contribution in [3.8, 4) is 0 Å². The number of aliphatic hydroxyl groups excluding tert-OH is 1. The Kier molecular flexibility index (Phi) is 3.67. The summed E-state index contributed by atoms with van der Waals surface area (Å²) < 4.78 is 0. The first-order valence-corrected chi connectivity index (χ1v) is 5.33. The van der Waals surface area contributed by atoms with E-state index < -0.39 is 0 Å². The van der Waals surface area contributed by atoms with Crippen LogP contribution in [0.15, 0.2) is 0 Å². The number of hydrogen-bond acceptors (Lipinski definition) is 3. The molecule has 0 heterocycles. The third kappa shape index (κ3) is 2.55. The van der Waals surface area contributed by atoms with E-state index in [4.69, 9.17) is 0 Å². The molecule has 1 saturated carbocycles. The minimum atomic E-state index is -0.220. The second kappa shape index (κ2) is 4.41. The van der Waals surface area contributed by atoms with E-state index in [0.29, 0.717) is 18.2 Å². The van der Waals surface area contributed by atoms with Crippen molar-refractivity contribution in [2.24, 2.45) is 0 Å². The Labute approximate surface area is 86.1 Å². The molecule has 1 aliphatic carbocycles. The highest BCUT2D eigenvalue weighted by Gasteiger charge is 2.31. The number of aliphatic hydroxyl groups is 1. The molecule has 1 atom stereocenters. The molecule has 3 heteroatoms. The van der Waals surface area contributed by atoms with Crippen molar-refractivity contribution >= 4 is 5.78 Å². The van der Waals surface area contributed by atoms with Crippen LogP contribution in [0.25, 0.3) is 0 Å². The van der Waals surface area contributed by atoms with Crippen LogP contribution in [0, 0.1) is 0 Å². The number of rotatable bonds is 3. The van der Waals surface area contributed by atoms with Gasteiger partial charge in [0.25, 0.3) is 0 Å². The molecule has 1 rings (SSSR count). The monoisotopic (exact) mass is 199 g/mol. The van der Waals surface area contributed by atoms with Crippen LogP contribution in [0.1, 0.15) is 39.5 Å². The molecule has 3 nitrogen and oxygen atoms in total. The van der Waals surface area contributed by atoms with Crippen molar-refractivity contribution in [3.05, 3.63) is 0 Å². The quantitative estimate of drug-likeness (QED) is 0.742. The van der Waals surface area contributed by atoms with Gasteiger partial charge >= 0.3 is 0 Å². The zero-order chi connectivity index (χ0) is 10.8. The topological polar surface area (TPSA) is 40.5 Å². The Hall–Kier alpha value is -0.410. The van der Waals surface area contributed by atoms with E-state index in [0.717, 1.165) is 19.3 Å². The lowest BCUT2D eigenvalue weighted by molar-refractivity contribution is -0.122. The third-order valence-corrected chi connectivity index (χ3v) is 3.35. The highest BCUT2D eigenvalue weighted by molar-refractivity contribution is 5.79. The minimum Gasteiger partial charge on any atom is -0.394 e. The van der Waals surface area contributed by atoms with Crippen LogP contribution < -0.4 is 0 Å². The van der Waals surface area contributed by atoms with Gasteiger partial charge in [0.1, 0.15) is 5.78 Å². The van der Waals surface area contributed by atoms with Crippen LogP contribution in [0.2, 0.25) is 0 Å². The molecule has 0 saturated heterocycles. The molecule has 1 fully saturated rings. The lowest BCUT2D eigenvalue weighted by Gasteiger charge is -2.41. The van der Waals surface area contributed by atoms with E-state index in [1.165, 1.54) is 0 Å². The van der Waals surface area contributed by atoms with Crippen LogP contribution >= 0.6 is 0 Å². The third-order valence-electron chi connectivity index (χ3n) is 3.35. The maximum Gasteiger partial charge on any atom is 0.134 e. The van der Waals surface area contributed by atoms with Crippen molar-refractivity contribution < 1.29 is 9.90 Å². The van der Waals surface area contributed by atoms with Crippen molar-refractivity contribution in [2.45, 2.75) is 51.1 Å². The van der Waals surface area contributed by atoms with Gasteiger partial charge in [0.15, 0.2) is 0 Å². The van der Waals surface area contributed by atoms with Gasteiger partial charge in [-0.25, -0.2) is 0 Å². The summed E-state index contributed by atoms with van der Waals surface area (Å²) in [5.41, 5.74) is -0.220. The average Bonchev–Trinajstić information content (AvgIpc) is 2.16. The number of carbonyl (C=O) groups is 1. The molecule has 0 spiro atoms. The molecule has 0 bridgehead atoms. The minimum absolute atomic E-state index is 0.133. The highest BCUT2D eigenvalue weighted by Crippen LogP contribution is 2.24. The molecule has 0 aromatic rings. The second-order valence-electron chi connectivity index (χ2n) is 4.87. The molecule has 0 radical (unpaired) electrons. The molecule has 82 valence electrons. The van der Waals surface area contributed by atoms with Crippen molar-refractivity contribution in [1.82, 2.24) is 4.90 Å². The first-order valence-electron chi connectivity index (χ1n) is 5.33. The van der Waals surface area contributed by atoms with Gasteiger partial charge in [-0.15, -0.1) is 0 Å². The van der Waals surface area contributed by atoms with E-state index in [9.17, 15) is 9.90 Å².